The minimum atomic E-state index is -1.03. The Morgan fingerprint density at radius 2 is 1.59 bits per heavy atom. The molecule has 1 N–H and O–H groups in total. The van der Waals surface area contributed by atoms with Crippen molar-refractivity contribution in [1.29, 1.82) is 5.26 Å². The molecule has 2 aliphatic carbocycles. The van der Waals surface area contributed by atoms with E-state index in [9.17, 15) is 24.4 Å². The Kier molecular flexibility index (Phi) is 8.06. The van der Waals surface area contributed by atoms with Gasteiger partial charge in [0.1, 0.15) is 6.04 Å². The average molecular weight is 626 g/mol. The lowest BCUT2D eigenvalue weighted by molar-refractivity contribution is -0.131. The van der Waals surface area contributed by atoms with Crippen molar-refractivity contribution in [1.82, 2.24) is 29.7 Å². The minimum absolute atomic E-state index is 0.0709. The van der Waals surface area contributed by atoms with E-state index in [0.717, 1.165) is 35.1 Å². The second-order valence-corrected chi connectivity index (χ2v) is 13.0. The van der Waals surface area contributed by atoms with E-state index in [2.05, 4.69) is 16.4 Å². The second kappa shape index (κ2) is 11.9. The molecule has 3 aromatic rings. The number of nitrogens with zero attached hydrogens (tertiary/aromatic N) is 6. The summed E-state index contributed by atoms with van der Waals surface area (Å²) in [5, 5.41) is 12.9. The Morgan fingerprint density at radius 3 is 2.09 bits per heavy atom. The van der Waals surface area contributed by atoms with Gasteiger partial charge in [-0.3, -0.25) is 14.4 Å². The summed E-state index contributed by atoms with van der Waals surface area (Å²) in [7, 11) is 8.47. The summed E-state index contributed by atoms with van der Waals surface area (Å²) in [5.74, 6) is -0.269. The van der Waals surface area contributed by atoms with Crippen LogP contribution in [0.3, 0.4) is 0 Å². The highest BCUT2D eigenvalue weighted by molar-refractivity contribution is 5.95. The van der Waals surface area contributed by atoms with Gasteiger partial charge >= 0.3 is 5.76 Å². The summed E-state index contributed by atoms with van der Waals surface area (Å²) in [6, 6.07) is 13.3. The van der Waals surface area contributed by atoms with Crippen LogP contribution in [0.15, 0.2) is 45.7 Å². The van der Waals surface area contributed by atoms with Gasteiger partial charge in [0.25, 0.3) is 11.8 Å². The van der Waals surface area contributed by atoms with Crippen LogP contribution < -0.4 is 11.1 Å². The highest BCUT2D eigenvalue weighted by Crippen LogP contribution is 2.48. The van der Waals surface area contributed by atoms with Gasteiger partial charge in [-0.15, -0.1) is 0 Å². The van der Waals surface area contributed by atoms with Crippen molar-refractivity contribution in [2.45, 2.75) is 49.6 Å². The van der Waals surface area contributed by atoms with Gasteiger partial charge in [0.15, 0.2) is 5.82 Å². The average Bonchev–Trinajstić information content (AvgIpc) is 3.60. The van der Waals surface area contributed by atoms with Crippen molar-refractivity contribution < 1.29 is 18.9 Å². The third kappa shape index (κ3) is 5.28. The highest BCUT2D eigenvalue weighted by Gasteiger charge is 2.54. The molecule has 1 saturated heterocycles. The van der Waals surface area contributed by atoms with Crippen molar-refractivity contribution in [3.63, 3.8) is 0 Å². The van der Waals surface area contributed by atoms with E-state index in [0.29, 0.717) is 48.7 Å². The number of benzene rings is 2. The van der Waals surface area contributed by atoms with Crippen LogP contribution in [-0.2, 0) is 30.1 Å². The van der Waals surface area contributed by atoms with Crippen molar-refractivity contribution >= 4 is 17.7 Å². The molecule has 0 radical (unpaired) electrons. The normalized spacial score (nSPS) is 20.5. The molecule has 6 rings (SSSR count). The minimum Gasteiger partial charge on any atom is -0.345 e. The molecule has 1 aliphatic heterocycles. The van der Waals surface area contributed by atoms with Crippen LogP contribution in [0.4, 0.5) is 0 Å². The van der Waals surface area contributed by atoms with Gasteiger partial charge in [-0.25, -0.2) is 4.79 Å². The molecule has 12 nitrogen and oxygen atoms in total. The quantitative estimate of drug-likeness (QED) is 0.373. The Hall–Kier alpha value is -4.76. The number of nitrogens with one attached hydrogen (secondary N) is 1. The van der Waals surface area contributed by atoms with Crippen LogP contribution >= 0.6 is 0 Å². The molecule has 0 unspecified atom stereocenters. The largest absolute Gasteiger partial charge is 0.459 e. The molecule has 3 amide bonds. The molecule has 1 aromatic heterocycles. The predicted octanol–water partition coefficient (Wildman–Crippen LogP) is 1.70. The molecular weight excluding hydrogens is 586 g/mol. The van der Waals surface area contributed by atoms with Crippen molar-refractivity contribution in [3.8, 4) is 6.07 Å². The fourth-order valence-corrected chi connectivity index (χ4v) is 7.45. The maximum absolute atomic E-state index is 13.2. The predicted molar refractivity (Wildman–Crippen MR) is 168 cm³/mol. The number of fused-ring (bicyclic) bond motifs is 3. The van der Waals surface area contributed by atoms with Crippen molar-refractivity contribution in [2.75, 3.05) is 41.3 Å². The van der Waals surface area contributed by atoms with Crippen LogP contribution in [0.1, 0.15) is 68.1 Å². The molecule has 2 fully saturated rings. The van der Waals surface area contributed by atoms with E-state index in [-0.39, 0.29) is 36.3 Å². The molecule has 0 spiro atoms. The number of carbonyl (C=O) groups is 3. The van der Waals surface area contributed by atoms with Gasteiger partial charge in [0, 0.05) is 52.4 Å². The fourth-order valence-electron chi connectivity index (χ4n) is 7.45. The third-order valence-corrected chi connectivity index (χ3v) is 9.69. The number of aromatic nitrogens is 2. The van der Waals surface area contributed by atoms with Gasteiger partial charge in [-0.05, 0) is 91.1 Å². The smallest absolute Gasteiger partial charge is 0.345 e. The van der Waals surface area contributed by atoms with Gasteiger partial charge in [0.05, 0.1) is 18.0 Å². The first-order chi connectivity index (χ1) is 22.0. The molecule has 3 atom stereocenters. The van der Waals surface area contributed by atoms with Crippen LogP contribution in [0.2, 0.25) is 0 Å². The Morgan fingerprint density at radius 1 is 1.00 bits per heavy atom. The lowest BCUT2D eigenvalue weighted by Gasteiger charge is -2.36. The van der Waals surface area contributed by atoms with Crippen LogP contribution in [-0.4, -0.2) is 95.5 Å². The van der Waals surface area contributed by atoms with Gasteiger partial charge in [-0.1, -0.05) is 12.1 Å². The van der Waals surface area contributed by atoms with E-state index in [1.807, 2.05) is 24.3 Å². The zero-order valence-corrected chi connectivity index (χ0v) is 26.9. The molecule has 1 saturated carbocycles. The Balaban J connectivity index is 1.44. The summed E-state index contributed by atoms with van der Waals surface area (Å²) >= 11 is 0. The molecule has 2 aromatic carbocycles. The number of amides is 3. The van der Waals surface area contributed by atoms with Crippen LogP contribution in [0.5, 0.6) is 0 Å². The summed E-state index contributed by atoms with van der Waals surface area (Å²) in [6.07, 6.45) is 3.25. The molecule has 240 valence electrons. The van der Waals surface area contributed by atoms with E-state index in [4.69, 9.17) is 4.52 Å². The summed E-state index contributed by atoms with van der Waals surface area (Å²) in [6.45, 7) is 0.434. The molecule has 3 aliphatic rings. The SMILES string of the molecule is CN(C)C(=O)c1ccc2c(c1)CCc1cc(C(=O)N(C)C)ccc1C2(CCNCC(=O)N1[C@H](C#N)C[C@@H]2C[C@@H]21)c1nc(=O)on1C. The van der Waals surface area contributed by atoms with Crippen LogP contribution in [0.25, 0.3) is 0 Å². The lowest BCUT2D eigenvalue weighted by atomic mass is 9.69. The number of carbonyl (C=O) groups excluding carboxylic acids is 3. The van der Waals surface area contributed by atoms with Crippen LogP contribution in [0, 0.1) is 17.2 Å². The Labute approximate surface area is 267 Å². The number of hydrogen-bond donors (Lipinski definition) is 1. The van der Waals surface area contributed by atoms with E-state index in [1.165, 1.54) is 14.5 Å². The number of likely N-dealkylation sites (tertiary alicyclic amines) is 1. The molecular formula is C34H39N7O5. The molecule has 12 heteroatoms. The lowest BCUT2D eigenvalue weighted by Crippen LogP contribution is -2.44. The van der Waals surface area contributed by atoms with Gasteiger partial charge in [-0.2, -0.15) is 15.0 Å². The van der Waals surface area contributed by atoms with Crippen molar-refractivity contribution in [2.24, 2.45) is 13.0 Å². The molecule has 46 heavy (non-hydrogen) atoms. The maximum atomic E-state index is 13.2. The number of nitriles is 1. The number of aryl methyl sites for hydroxylation is 3. The fraction of sp³-hybridized carbons (Fsp3) is 0.471. The molecule has 2 heterocycles. The van der Waals surface area contributed by atoms with E-state index < -0.39 is 11.2 Å². The third-order valence-electron chi connectivity index (χ3n) is 9.69. The zero-order chi connectivity index (χ0) is 32.9. The number of rotatable bonds is 8. The van der Waals surface area contributed by atoms with Crippen molar-refractivity contribution in [3.05, 3.63) is 86.2 Å². The standard InChI is InChI=1S/C34H39N7O5/c1-38(2)30(43)22-8-10-26-20(14-22)6-7-21-15-23(31(44)39(3)4)9-11-27(21)34(26,32-37-33(45)46-40(32)5)12-13-36-19-29(42)41-25(18-35)16-24-17-28(24)41/h8-11,14-15,24-25,28,36H,6-7,12-13,16-17,19H2,1-5H3/t24-,25+,28+/m1/s1. The Bertz CT molecular complexity index is 1740. The summed E-state index contributed by atoms with van der Waals surface area (Å²) < 4.78 is 6.81. The summed E-state index contributed by atoms with van der Waals surface area (Å²) in [5.41, 5.74) is 3.64. The second-order valence-electron chi connectivity index (χ2n) is 13.0. The first-order valence-corrected chi connectivity index (χ1v) is 15.6. The van der Waals surface area contributed by atoms with Gasteiger partial charge in [0.2, 0.25) is 5.91 Å². The number of piperidine rings is 1. The van der Waals surface area contributed by atoms with E-state index >= 15 is 0 Å². The monoisotopic (exact) mass is 625 g/mol. The first kappa shape index (κ1) is 31.2. The first-order valence-electron chi connectivity index (χ1n) is 15.6. The van der Waals surface area contributed by atoms with Gasteiger partial charge < -0.3 is 24.5 Å². The number of hydrogen-bond acceptors (Lipinski definition) is 8. The van der Waals surface area contributed by atoms with E-state index in [1.54, 1.807) is 52.3 Å². The topological polar surface area (TPSA) is 145 Å². The zero-order valence-electron chi connectivity index (χ0n) is 26.9. The summed E-state index contributed by atoms with van der Waals surface area (Å²) in [4.78, 5) is 61.0. The maximum Gasteiger partial charge on any atom is 0.459 e. The highest BCUT2D eigenvalue weighted by atomic mass is 16.5. The molecule has 0 bridgehead atoms.